The minimum Gasteiger partial charge on any atom is -0.337 e. The Bertz CT molecular complexity index is 1140. The highest BCUT2D eigenvalue weighted by Gasteiger charge is 2.32. The average Bonchev–Trinajstić information content (AvgIpc) is 2.84. The Kier molecular flexibility index (Phi) is 6.27. The van der Waals surface area contributed by atoms with Crippen molar-refractivity contribution in [2.45, 2.75) is 25.7 Å². The maximum atomic E-state index is 13.1. The minimum absolute atomic E-state index is 0.0259. The van der Waals surface area contributed by atoms with Crippen molar-refractivity contribution in [3.8, 4) is 0 Å². The van der Waals surface area contributed by atoms with E-state index in [0.717, 1.165) is 24.2 Å². The molecule has 0 bridgehead atoms. The summed E-state index contributed by atoms with van der Waals surface area (Å²) >= 11 is 0. The van der Waals surface area contributed by atoms with Crippen molar-refractivity contribution in [1.82, 2.24) is 30.4 Å². The third-order valence-corrected chi connectivity index (χ3v) is 6.54. The fraction of sp³-hybridized carbons (Fsp3) is 0.360. The van der Waals surface area contributed by atoms with Gasteiger partial charge in [0.2, 0.25) is 5.91 Å². The summed E-state index contributed by atoms with van der Waals surface area (Å²) in [7, 11) is 0. The summed E-state index contributed by atoms with van der Waals surface area (Å²) in [5.41, 5.74) is 3.18. The number of hydrogen-bond donors (Lipinski definition) is 1. The second-order valence-electron chi connectivity index (χ2n) is 8.81. The van der Waals surface area contributed by atoms with Crippen LogP contribution in [0.25, 0.3) is 0 Å². The van der Waals surface area contributed by atoms with Crippen molar-refractivity contribution in [2.24, 2.45) is 5.92 Å². The van der Waals surface area contributed by atoms with Gasteiger partial charge in [-0.15, -0.1) is 5.10 Å². The van der Waals surface area contributed by atoms with E-state index in [1.807, 2.05) is 24.0 Å². The van der Waals surface area contributed by atoms with E-state index >= 15 is 0 Å². The van der Waals surface area contributed by atoms with Crippen LogP contribution in [0, 0.1) is 12.8 Å². The van der Waals surface area contributed by atoms with Gasteiger partial charge in [0.25, 0.3) is 5.91 Å². The largest absolute Gasteiger partial charge is 0.337 e. The van der Waals surface area contributed by atoms with Gasteiger partial charge in [0.05, 0.1) is 23.5 Å². The van der Waals surface area contributed by atoms with Gasteiger partial charge in [-0.1, -0.05) is 12.1 Å². The molecule has 0 saturated carbocycles. The van der Waals surface area contributed by atoms with Crippen molar-refractivity contribution < 1.29 is 9.59 Å². The first-order valence-corrected chi connectivity index (χ1v) is 11.6. The Hall–Kier alpha value is -3.72. The van der Waals surface area contributed by atoms with Gasteiger partial charge >= 0.3 is 0 Å². The lowest BCUT2D eigenvalue weighted by Crippen LogP contribution is -2.51. The number of aryl methyl sites for hydroxylation is 1. The summed E-state index contributed by atoms with van der Waals surface area (Å²) in [6, 6.07) is 11.7. The lowest BCUT2D eigenvalue weighted by atomic mass is 9.89. The Balaban J connectivity index is 1.27. The molecule has 9 heteroatoms. The molecule has 0 unspecified atom stereocenters. The minimum atomic E-state index is -0.0649. The van der Waals surface area contributed by atoms with E-state index in [9.17, 15) is 9.59 Å². The van der Waals surface area contributed by atoms with Crippen molar-refractivity contribution in [3.05, 3.63) is 71.9 Å². The number of piperidine rings is 1. The second-order valence-corrected chi connectivity index (χ2v) is 8.81. The van der Waals surface area contributed by atoms with Gasteiger partial charge < -0.3 is 10.2 Å². The van der Waals surface area contributed by atoms with E-state index in [1.54, 1.807) is 35.6 Å². The third kappa shape index (κ3) is 4.51. The molecule has 2 aliphatic heterocycles. The predicted molar refractivity (Wildman–Crippen MR) is 127 cm³/mol. The Morgan fingerprint density at radius 1 is 1.03 bits per heavy atom. The van der Waals surface area contributed by atoms with E-state index in [0.29, 0.717) is 43.6 Å². The fourth-order valence-corrected chi connectivity index (χ4v) is 4.41. The second kappa shape index (κ2) is 9.64. The van der Waals surface area contributed by atoms with Crippen LogP contribution in [-0.4, -0.2) is 63.1 Å². The van der Waals surface area contributed by atoms with Crippen LogP contribution in [0.15, 0.2) is 55.0 Å². The molecule has 9 nitrogen and oxygen atoms in total. The van der Waals surface area contributed by atoms with Crippen molar-refractivity contribution in [3.63, 3.8) is 0 Å². The molecule has 4 heterocycles. The third-order valence-electron chi connectivity index (χ3n) is 6.54. The lowest BCUT2D eigenvalue weighted by molar-refractivity contribution is -0.123. The number of hydrogen-bond acceptors (Lipinski definition) is 7. The molecule has 2 aliphatic rings. The number of rotatable bonds is 5. The molecule has 2 saturated heterocycles. The molecule has 0 atom stereocenters. The van der Waals surface area contributed by atoms with Crippen LogP contribution >= 0.6 is 0 Å². The standard InChI is InChI=1S/C25H27N7O2/c1-17-13-28-22(16-27-17)25(34)31-11-8-19(9-12-31)18-4-6-21(7-5-18)32(23-3-2-10-29-30-23)24(33)20-14-26-15-20/h2-7,10,13,16,19-20,26H,8-9,11-12,14-15H2,1H3. The van der Waals surface area contributed by atoms with Gasteiger partial charge in [-0.05, 0) is 55.5 Å². The first kappa shape index (κ1) is 22.1. The summed E-state index contributed by atoms with van der Waals surface area (Å²) in [5, 5.41) is 11.3. The van der Waals surface area contributed by atoms with Gasteiger partial charge in [-0.3, -0.25) is 19.5 Å². The molecule has 0 radical (unpaired) electrons. The lowest BCUT2D eigenvalue weighted by Gasteiger charge is -2.33. The van der Waals surface area contributed by atoms with Crippen molar-refractivity contribution >= 4 is 23.3 Å². The number of likely N-dealkylation sites (tertiary alicyclic amines) is 1. The van der Waals surface area contributed by atoms with E-state index < -0.39 is 0 Å². The molecular formula is C25H27N7O2. The highest BCUT2D eigenvalue weighted by molar-refractivity contribution is 6.01. The number of carbonyl (C=O) groups excluding carboxylic acids is 2. The van der Waals surface area contributed by atoms with Crippen LogP contribution in [-0.2, 0) is 4.79 Å². The van der Waals surface area contributed by atoms with Crippen molar-refractivity contribution in [1.29, 1.82) is 0 Å². The average molecular weight is 458 g/mol. The summed E-state index contributed by atoms with van der Waals surface area (Å²) < 4.78 is 0. The number of aromatic nitrogens is 4. The molecule has 0 aliphatic carbocycles. The van der Waals surface area contributed by atoms with Crippen LogP contribution in [0.4, 0.5) is 11.5 Å². The fourth-order valence-electron chi connectivity index (χ4n) is 4.41. The molecule has 34 heavy (non-hydrogen) atoms. The highest BCUT2D eigenvalue weighted by atomic mass is 16.2. The molecule has 0 spiro atoms. The van der Waals surface area contributed by atoms with Gasteiger partial charge in [-0.25, -0.2) is 4.98 Å². The Morgan fingerprint density at radius 3 is 2.38 bits per heavy atom. The molecule has 2 amide bonds. The van der Waals surface area contributed by atoms with Crippen LogP contribution in [0.1, 0.15) is 40.5 Å². The van der Waals surface area contributed by atoms with Crippen molar-refractivity contribution in [2.75, 3.05) is 31.1 Å². The van der Waals surface area contributed by atoms with Crippen LogP contribution in [0.5, 0.6) is 0 Å². The maximum Gasteiger partial charge on any atom is 0.274 e. The number of nitrogens with zero attached hydrogens (tertiary/aromatic N) is 6. The predicted octanol–water partition coefficient (Wildman–Crippen LogP) is 2.48. The molecule has 2 fully saturated rings. The van der Waals surface area contributed by atoms with E-state index in [-0.39, 0.29) is 17.7 Å². The van der Waals surface area contributed by atoms with Gasteiger partial charge in [0.1, 0.15) is 5.69 Å². The van der Waals surface area contributed by atoms with Crippen LogP contribution < -0.4 is 10.2 Å². The zero-order valence-electron chi connectivity index (χ0n) is 19.1. The maximum absolute atomic E-state index is 13.1. The quantitative estimate of drug-likeness (QED) is 0.628. The molecule has 2 aromatic heterocycles. The summed E-state index contributed by atoms with van der Waals surface area (Å²) in [6.07, 6.45) is 6.53. The Morgan fingerprint density at radius 2 is 1.79 bits per heavy atom. The van der Waals surface area contributed by atoms with Gasteiger partial charge in [-0.2, -0.15) is 5.10 Å². The number of anilines is 2. The van der Waals surface area contributed by atoms with E-state index in [1.165, 1.54) is 5.56 Å². The molecule has 3 aromatic rings. The molecule has 1 aromatic carbocycles. The zero-order chi connectivity index (χ0) is 23.5. The van der Waals surface area contributed by atoms with Gasteiger partial charge in [0.15, 0.2) is 5.82 Å². The first-order chi connectivity index (χ1) is 16.6. The zero-order valence-corrected chi connectivity index (χ0v) is 19.1. The summed E-state index contributed by atoms with van der Waals surface area (Å²) in [6.45, 7) is 4.57. The normalized spacial score (nSPS) is 16.7. The number of benzene rings is 1. The molecule has 5 rings (SSSR count). The van der Waals surface area contributed by atoms with E-state index in [2.05, 4.69) is 37.6 Å². The topological polar surface area (TPSA) is 104 Å². The summed E-state index contributed by atoms with van der Waals surface area (Å²) in [5.74, 6) is 0.793. The SMILES string of the molecule is Cc1cnc(C(=O)N2CCC(c3ccc(N(C(=O)C4CNC4)c4cccnn4)cc3)CC2)cn1. The molecular weight excluding hydrogens is 430 g/mol. The molecule has 174 valence electrons. The number of amides is 2. The monoisotopic (exact) mass is 457 g/mol. The highest BCUT2D eigenvalue weighted by Crippen LogP contribution is 2.32. The van der Waals surface area contributed by atoms with Crippen LogP contribution in [0.2, 0.25) is 0 Å². The van der Waals surface area contributed by atoms with Crippen LogP contribution in [0.3, 0.4) is 0 Å². The number of nitrogens with one attached hydrogen (secondary N) is 1. The smallest absolute Gasteiger partial charge is 0.274 e. The first-order valence-electron chi connectivity index (χ1n) is 11.6. The Labute approximate surface area is 198 Å². The van der Waals surface area contributed by atoms with E-state index in [4.69, 9.17) is 0 Å². The summed E-state index contributed by atoms with van der Waals surface area (Å²) in [4.78, 5) is 37.8. The van der Waals surface area contributed by atoms with Gasteiger partial charge in [0, 0.05) is 38.6 Å². The number of carbonyl (C=O) groups is 2. The molecule has 1 N–H and O–H groups in total.